The van der Waals surface area contributed by atoms with Gasteiger partial charge in [0.05, 0.1) is 11.1 Å². The summed E-state index contributed by atoms with van der Waals surface area (Å²) in [6.07, 6.45) is 3.73. The summed E-state index contributed by atoms with van der Waals surface area (Å²) in [4.78, 5) is 12.6. The van der Waals surface area contributed by atoms with E-state index in [0.29, 0.717) is 18.7 Å². The van der Waals surface area contributed by atoms with E-state index in [1.54, 1.807) is 0 Å². The van der Waals surface area contributed by atoms with Crippen LogP contribution in [0.3, 0.4) is 0 Å². The fourth-order valence-electron chi connectivity index (χ4n) is 3.56. The number of nitrogens with one attached hydrogen (secondary N) is 2. The molecule has 1 amide bonds. The van der Waals surface area contributed by atoms with Crippen molar-refractivity contribution in [3.8, 4) is 0 Å². The molecule has 0 spiro atoms. The van der Waals surface area contributed by atoms with E-state index in [1.165, 1.54) is 0 Å². The summed E-state index contributed by atoms with van der Waals surface area (Å²) in [5, 5.41) is 5.67. The van der Waals surface area contributed by atoms with Crippen molar-refractivity contribution >= 4 is 11.6 Å². The highest BCUT2D eigenvalue weighted by Gasteiger charge is 2.49. The maximum absolute atomic E-state index is 13.7. The molecule has 3 rings (SSSR count). The molecule has 0 radical (unpaired) electrons. The molecule has 0 bridgehead atoms. The van der Waals surface area contributed by atoms with Crippen LogP contribution in [0.5, 0.6) is 0 Å². The zero-order valence-electron chi connectivity index (χ0n) is 11.5. The molecule has 1 heterocycles. The Balaban J connectivity index is 1.84. The molecule has 1 saturated carbocycles. The average Bonchev–Trinajstić information content (AvgIpc) is 2.89. The summed E-state index contributed by atoms with van der Waals surface area (Å²) in [5.74, 6) is -3.48. The van der Waals surface area contributed by atoms with Crippen molar-refractivity contribution in [2.45, 2.75) is 25.7 Å². The predicted octanol–water partition coefficient (Wildman–Crippen LogP) is 2.82. The fourth-order valence-corrected chi connectivity index (χ4v) is 3.56. The summed E-state index contributed by atoms with van der Waals surface area (Å²) >= 11 is 0. The van der Waals surface area contributed by atoms with Gasteiger partial charge in [-0.25, -0.2) is 13.2 Å². The molecule has 2 N–H and O–H groups in total. The number of carbonyl (C=O) groups excluding carboxylic acids is 1. The number of amides is 1. The zero-order valence-corrected chi connectivity index (χ0v) is 11.5. The second kappa shape index (κ2) is 5.33. The third kappa shape index (κ3) is 2.41. The van der Waals surface area contributed by atoms with Crippen molar-refractivity contribution in [1.82, 2.24) is 5.32 Å². The van der Waals surface area contributed by atoms with Crippen LogP contribution in [-0.2, 0) is 4.79 Å². The van der Waals surface area contributed by atoms with Crippen LogP contribution in [0.15, 0.2) is 12.1 Å². The highest BCUT2D eigenvalue weighted by Crippen LogP contribution is 2.44. The Labute approximate surface area is 120 Å². The Kier molecular flexibility index (Phi) is 3.65. The number of halogens is 3. The molecule has 3 nitrogen and oxygen atoms in total. The van der Waals surface area contributed by atoms with Crippen LogP contribution in [-0.4, -0.2) is 19.0 Å². The standard InChI is InChI=1S/C15H17F3N2O/c16-10-5-12(18)13(6-11(10)17)20-14(21)15-4-2-1-3-9(15)7-19-8-15/h5-6,9,19H,1-4,7-8H2,(H,20,21)/t9-,15+/m0/s1. The fraction of sp³-hybridized carbons (Fsp3) is 0.533. The molecule has 0 unspecified atom stereocenters. The molecule has 2 atom stereocenters. The molecule has 2 fully saturated rings. The molecule has 114 valence electrons. The van der Waals surface area contributed by atoms with Gasteiger partial charge in [0.1, 0.15) is 5.82 Å². The molecule has 21 heavy (non-hydrogen) atoms. The molecular weight excluding hydrogens is 281 g/mol. The van der Waals surface area contributed by atoms with Gasteiger partial charge in [0.25, 0.3) is 0 Å². The summed E-state index contributed by atoms with van der Waals surface area (Å²) in [5.41, 5.74) is -0.861. The first-order valence-corrected chi connectivity index (χ1v) is 7.20. The van der Waals surface area contributed by atoms with Crippen LogP contribution in [0.4, 0.5) is 18.9 Å². The molecular formula is C15H17F3N2O. The Morgan fingerprint density at radius 2 is 1.95 bits per heavy atom. The summed E-state index contributed by atoms with van der Waals surface area (Å²) in [6.45, 7) is 1.32. The summed E-state index contributed by atoms with van der Waals surface area (Å²) < 4.78 is 39.8. The number of carbonyl (C=O) groups is 1. The van der Waals surface area contributed by atoms with Gasteiger partial charge in [-0.3, -0.25) is 4.79 Å². The van der Waals surface area contributed by atoms with Gasteiger partial charge >= 0.3 is 0 Å². The van der Waals surface area contributed by atoms with E-state index in [4.69, 9.17) is 0 Å². The van der Waals surface area contributed by atoms with E-state index in [-0.39, 0.29) is 17.5 Å². The monoisotopic (exact) mass is 298 g/mol. The Morgan fingerprint density at radius 3 is 2.76 bits per heavy atom. The average molecular weight is 298 g/mol. The van der Waals surface area contributed by atoms with Crippen LogP contribution in [0.2, 0.25) is 0 Å². The van der Waals surface area contributed by atoms with E-state index in [2.05, 4.69) is 10.6 Å². The lowest BCUT2D eigenvalue weighted by Crippen LogP contribution is -2.44. The summed E-state index contributed by atoms with van der Waals surface area (Å²) in [6, 6.07) is 1.15. The van der Waals surface area contributed by atoms with Gasteiger partial charge in [-0.05, 0) is 25.3 Å². The van der Waals surface area contributed by atoms with Crippen LogP contribution >= 0.6 is 0 Å². The third-order valence-electron chi connectivity index (χ3n) is 4.75. The van der Waals surface area contributed by atoms with Gasteiger partial charge in [0, 0.05) is 18.7 Å². The van der Waals surface area contributed by atoms with Gasteiger partial charge in [0.15, 0.2) is 11.6 Å². The number of rotatable bonds is 2. The van der Waals surface area contributed by atoms with Crippen LogP contribution in [0.25, 0.3) is 0 Å². The van der Waals surface area contributed by atoms with E-state index in [0.717, 1.165) is 32.2 Å². The van der Waals surface area contributed by atoms with Gasteiger partial charge < -0.3 is 10.6 Å². The normalized spacial score (nSPS) is 28.2. The number of anilines is 1. The van der Waals surface area contributed by atoms with E-state index >= 15 is 0 Å². The van der Waals surface area contributed by atoms with Crippen LogP contribution in [0.1, 0.15) is 25.7 Å². The van der Waals surface area contributed by atoms with E-state index in [1.807, 2.05) is 0 Å². The molecule has 1 aromatic rings. The molecule has 1 saturated heterocycles. The topological polar surface area (TPSA) is 41.1 Å². The smallest absolute Gasteiger partial charge is 0.232 e. The molecule has 1 aliphatic carbocycles. The Bertz CT molecular complexity index is 578. The second-order valence-corrected chi connectivity index (χ2v) is 5.93. The van der Waals surface area contributed by atoms with Gasteiger partial charge in [-0.2, -0.15) is 0 Å². The van der Waals surface area contributed by atoms with Crippen molar-refractivity contribution in [3.63, 3.8) is 0 Å². The predicted molar refractivity (Wildman–Crippen MR) is 72.2 cm³/mol. The maximum atomic E-state index is 13.7. The van der Waals surface area contributed by atoms with Crippen molar-refractivity contribution in [1.29, 1.82) is 0 Å². The first-order chi connectivity index (χ1) is 10.0. The highest BCUT2D eigenvalue weighted by atomic mass is 19.2. The van der Waals surface area contributed by atoms with E-state index < -0.39 is 22.9 Å². The largest absolute Gasteiger partial charge is 0.323 e. The molecule has 6 heteroatoms. The van der Waals surface area contributed by atoms with Crippen molar-refractivity contribution in [2.75, 3.05) is 18.4 Å². The van der Waals surface area contributed by atoms with E-state index in [9.17, 15) is 18.0 Å². The van der Waals surface area contributed by atoms with Gasteiger partial charge in [0.2, 0.25) is 5.91 Å². The minimum atomic E-state index is -1.26. The molecule has 0 aromatic heterocycles. The number of hydrogen-bond acceptors (Lipinski definition) is 2. The molecule has 1 aromatic carbocycles. The molecule has 1 aliphatic heterocycles. The quantitative estimate of drug-likeness (QED) is 0.824. The zero-order chi connectivity index (χ0) is 15.0. The Morgan fingerprint density at radius 1 is 1.19 bits per heavy atom. The minimum Gasteiger partial charge on any atom is -0.323 e. The lowest BCUT2D eigenvalue weighted by atomic mass is 9.67. The number of benzene rings is 1. The van der Waals surface area contributed by atoms with Crippen molar-refractivity contribution in [3.05, 3.63) is 29.6 Å². The first-order valence-electron chi connectivity index (χ1n) is 7.20. The molecule has 2 aliphatic rings. The Hall–Kier alpha value is -1.56. The third-order valence-corrected chi connectivity index (χ3v) is 4.75. The van der Waals surface area contributed by atoms with Crippen molar-refractivity contribution < 1.29 is 18.0 Å². The van der Waals surface area contributed by atoms with Crippen LogP contribution in [0, 0.1) is 28.8 Å². The lowest BCUT2D eigenvalue weighted by molar-refractivity contribution is -0.128. The van der Waals surface area contributed by atoms with Gasteiger partial charge in [-0.1, -0.05) is 12.8 Å². The number of fused-ring (bicyclic) bond motifs is 1. The van der Waals surface area contributed by atoms with Crippen molar-refractivity contribution in [2.24, 2.45) is 11.3 Å². The maximum Gasteiger partial charge on any atom is 0.232 e. The lowest BCUT2D eigenvalue weighted by Gasteiger charge is -2.37. The minimum absolute atomic E-state index is 0.222. The summed E-state index contributed by atoms with van der Waals surface area (Å²) in [7, 11) is 0. The first kappa shape index (κ1) is 14.4. The van der Waals surface area contributed by atoms with Crippen LogP contribution < -0.4 is 10.6 Å². The highest BCUT2D eigenvalue weighted by molar-refractivity contribution is 5.96. The number of hydrogen-bond donors (Lipinski definition) is 2. The second-order valence-electron chi connectivity index (χ2n) is 5.93. The SMILES string of the molecule is O=C(Nc1cc(F)c(F)cc1F)[C@@]12CCCC[C@H]1CNC2. The van der Waals surface area contributed by atoms with Gasteiger partial charge in [-0.15, -0.1) is 0 Å².